The molecule has 1 amide bonds. The lowest BCUT2D eigenvalue weighted by atomic mass is 10.0. The van der Waals surface area contributed by atoms with Crippen molar-refractivity contribution >= 4 is 58.8 Å². The quantitative estimate of drug-likeness (QED) is 0.0964. The summed E-state index contributed by atoms with van der Waals surface area (Å²) in [5.74, 6) is -0.620. The van der Waals surface area contributed by atoms with Gasteiger partial charge in [-0.15, -0.1) is 0 Å². The van der Waals surface area contributed by atoms with Crippen LogP contribution >= 0.6 is 35.1 Å². The molecular weight excluding hydrogens is 569 g/mol. The molecule has 3 rings (SSSR count). The van der Waals surface area contributed by atoms with Gasteiger partial charge in [0.1, 0.15) is 12.0 Å². The monoisotopic (exact) mass is 599 g/mol. The molecular formula is C30H31Cl2N3O4S. The van der Waals surface area contributed by atoms with Gasteiger partial charge in [0.25, 0.3) is 5.91 Å². The zero-order valence-electron chi connectivity index (χ0n) is 22.6. The second-order valence-corrected chi connectivity index (χ2v) is 10.5. The van der Waals surface area contributed by atoms with Crippen molar-refractivity contribution in [1.29, 1.82) is 5.26 Å². The topological polar surface area (TPSA) is 108 Å². The number of carbonyl (C=O) groups excluding carboxylic acids is 3. The summed E-state index contributed by atoms with van der Waals surface area (Å²) in [5.41, 5.74) is 2.20. The molecule has 0 spiro atoms. The molecule has 0 unspecified atom stereocenters. The number of nitriles is 1. The summed E-state index contributed by atoms with van der Waals surface area (Å²) in [6, 6.07) is 16.5. The summed E-state index contributed by atoms with van der Waals surface area (Å²) < 4.78 is 8.65. The number of amides is 1. The molecule has 0 atom stereocenters. The summed E-state index contributed by atoms with van der Waals surface area (Å²) in [5, 5.41) is 12.5. The van der Waals surface area contributed by atoms with E-state index in [1.54, 1.807) is 6.07 Å². The lowest BCUT2D eigenvalue weighted by molar-refractivity contribution is -0.118. The number of ether oxygens (including phenoxy) is 1. The number of nitrogens with zero attached hydrogens (tertiary/aromatic N) is 1. The Morgan fingerprint density at radius 2 is 1.82 bits per heavy atom. The van der Waals surface area contributed by atoms with Crippen molar-refractivity contribution in [3.8, 4) is 11.8 Å². The summed E-state index contributed by atoms with van der Waals surface area (Å²) in [7, 11) is 1.83. The molecule has 0 heterocycles. The fraction of sp³-hybridized carbons (Fsp3) is 0.267. The van der Waals surface area contributed by atoms with Crippen LogP contribution in [0.5, 0.6) is 5.75 Å². The largest absolute Gasteiger partial charge is 0.483 e. The highest BCUT2D eigenvalue weighted by atomic mass is 35.5. The van der Waals surface area contributed by atoms with E-state index in [9.17, 15) is 14.4 Å². The molecule has 0 bridgehead atoms. The van der Waals surface area contributed by atoms with Crippen LogP contribution in [-0.2, 0) is 9.59 Å². The molecule has 0 saturated carbocycles. The lowest BCUT2D eigenvalue weighted by Gasteiger charge is -2.13. The normalized spacial score (nSPS) is 10.1. The number of halogens is 2. The summed E-state index contributed by atoms with van der Waals surface area (Å²) in [4.78, 5) is 36.3. The Balaban J connectivity index is 0.000000708. The number of aldehydes is 1. The highest BCUT2D eigenvalue weighted by Gasteiger charge is 2.18. The first-order valence-electron chi connectivity index (χ1n) is 12.6. The van der Waals surface area contributed by atoms with Gasteiger partial charge in [-0.3, -0.25) is 14.3 Å². The summed E-state index contributed by atoms with van der Waals surface area (Å²) >= 11 is 13.6. The molecule has 2 N–H and O–H groups in total. The van der Waals surface area contributed by atoms with Crippen LogP contribution in [0, 0.1) is 18.3 Å². The maximum atomic E-state index is 13.1. The molecule has 10 heteroatoms. The van der Waals surface area contributed by atoms with Gasteiger partial charge in [0.2, 0.25) is 0 Å². The van der Waals surface area contributed by atoms with E-state index in [2.05, 4.69) is 17.0 Å². The Labute approximate surface area is 249 Å². The third kappa shape index (κ3) is 10.7. The number of ketones is 1. The average Bonchev–Trinajstić information content (AvgIpc) is 2.94. The molecule has 210 valence electrons. The highest BCUT2D eigenvalue weighted by molar-refractivity contribution is 7.97. The molecule has 0 radical (unpaired) electrons. The number of carbonyl (C=O) groups is 3. The van der Waals surface area contributed by atoms with Crippen molar-refractivity contribution < 1.29 is 19.1 Å². The number of aryl methyl sites for hydroxylation is 1. The van der Waals surface area contributed by atoms with Crippen molar-refractivity contribution in [2.75, 3.05) is 19.0 Å². The van der Waals surface area contributed by atoms with Crippen LogP contribution in [0.1, 0.15) is 59.7 Å². The van der Waals surface area contributed by atoms with Gasteiger partial charge in [0.05, 0.1) is 17.2 Å². The van der Waals surface area contributed by atoms with Crippen LogP contribution in [0.15, 0.2) is 59.5 Å². The molecule has 7 nitrogen and oxygen atoms in total. The minimum Gasteiger partial charge on any atom is -0.483 e. The molecule has 0 aromatic heterocycles. The molecule has 0 aliphatic heterocycles. The van der Waals surface area contributed by atoms with Gasteiger partial charge in [-0.25, -0.2) is 0 Å². The van der Waals surface area contributed by atoms with Crippen LogP contribution in [-0.4, -0.2) is 31.6 Å². The van der Waals surface area contributed by atoms with Crippen molar-refractivity contribution in [1.82, 2.24) is 4.72 Å². The van der Waals surface area contributed by atoms with Crippen LogP contribution in [0.3, 0.4) is 0 Å². The Hall–Kier alpha value is -3.35. The molecule has 0 saturated heterocycles. The number of hydrogen-bond acceptors (Lipinski definition) is 7. The van der Waals surface area contributed by atoms with Gasteiger partial charge in [-0.05, 0) is 92.5 Å². The van der Waals surface area contributed by atoms with Gasteiger partial charge < -0.3 is 14.8 Å². The van der Waals surface area contributed by atoms with E-state index in [-0.39, 0.29) is 40.0 Å². The number of benzene rings is 3. The molecule has 0 aliphatic carbocycles. The number of hydrogen-bond donors (Lipinski definition) is 2. The van der Waals surface area contributed by atoms with Crippen molar-refractivity contribution in [2.45, 2.75) is 44.4 Å². The van der Waals surface area contributed by atoms with Gasteiger partial charge in [-0.2, -0.15) is 5.26 Å². The number of nitrogens with one attached hydrogen (secondary N) is 2. The van der Waals surface area contributed by atoms with Crippen LogP contribution in [0.25, 0.3) is 0 Å². The van der Waals surface area contributed by atoms with Gasteiger partial charge in [-0.1, -0.05) is 43.0 Å². The predicted molar refractivity (Wildman–Crippen MR) is 161 cm³/mol. The standard InChI is InChI=1S/C24H19Cl2N3O3S.C6H12O/c1-14-7-19(33-28-2)4-5-21(14)29-23(30)13-32-22-6-3-17(25)11-20(22)24(31)16-8-15(12-27)9-18(26)10-16;1-2-3-4-5-6-7/h3-11,28H,13H2,1-2H3,(H,29,30);6H,2-5H2,1H3. The Kier molecular flexibility index (Phi) is 14.3. The Bertz CT molecular complexity index is 1380. The molecule has 0 fully saturated rings. The third-order valence-corrected chi connectivity index (χ3v) is 6.60. The number of rotatable bonds is 12. The van der Waals surface area contributed by atoms with E-state index in [1.165, 1.54) is 55.1 Å². The van der Waals surface area contributed by atoms with Crippen molar-refractivity contribution in [2.24, 2.45) is 0 Å². The number of anilines is 1. The highest BCUT2D eigenvalue weighted by Crippen LogP contribution is 2.27. The lowest BCUT2D eigenvalue weighted by Crippen LogP contribution is -2.21. The van der Waals surface area contributed by atoms with E-state index in [0.717, 1.165) is 29.6 Å². The van der Waals surface area contributed by atoms with E-state index >= 15 is 0 Å². The van der Waals surface area contributed by atoms with E-state index in [1.807, 2.05) is 38.2 Å². The first-order chi connectivity index (χ1) is 19.2. The fourth-order valence-electron chi connectivity index (χ4n) is 3.51. The van der Waals surface area contributed by atoms with Crippen LogP contribution in [0.2, 0.25) is 10.0 Å². The maximum Gasteiger partial charge on any atom is 0.262 e. The molecule has 3 aromatic rings. The summed E-state index contributed by atoms with van der Waals surface area (Å²) in [6.45, 7) is 3.71. The summed E-state index contributed by atoms with van der Waals surface area (Å²) in [6.07, 6.45) is 5.19. The van der Waals surface area contributed by atoms with Crippen LogP contribution < -0.4 is 14.8 Å². The first kappa shape index (κ1) is 32.9. The second kappa shape index (κ2) is 17.4. The third-order valence-electron chi connectivity index (χ3n) is 5.45. The smallest absolute Gasteiger partial charge is 0.262 e. The zero-order chi connectivity index (χ0) is 29.5. The fourth-order valence-corrected chi connectivity index (χ4v) is 4.53. The van der Waals surface area contributed by atoms with Gasteiger partial charge >= 0.3 is 0 Å². The molecule has 40 heavy (non-hydrogen) atoms. The van der Waals surface area contributed by atoms with E-state index in [0.29, 0.717) is 10.7 Å². The average molecular weight is 601 g/mol. The second-order valence-electron chi connectivity index (χ2n) is 8.59. The SMILES string of the molecule is CCCCCC=O.CNSc1ccc(NC(=O)COc2ccc(Cl)cc2C(=O)c2cc(Cl)cc(C#N)c2)c(C)c1. The van der Waals surface area contributed by atoms with E-state index < -0.39 is 5.78 Å². The molecule has 3 aromatic carbocycles. The first-order valence-corrected chi connectivity index (χ1v) is 14.1. The Morgan fingerprint density at radius 3 is 2.48 bits per heavy atom. The predicted octanol–water partition coefficient (Wildman–Crippen LogP) is 7.41. The molecule has 0 aliphatic rings. The Morgan fingerprint density at radius 1 is 1.05 bits per heavy atom. The minimum absolute atomic E-state index is 0.158. The van der Waals surface area contributed by atoms with Gasteiger partial charge in [0, 0.05) is 32.6 Å². The minimum atomic E-state index is -0.430. The van der Waals surface area contributed by atoms with Crippen LogP contribution in [0.4, 0.5) is 5.69 Å². The van der Waals surface area contributed by atoms with Gasteiger partial charge in [0.15, 0.2) is 12.4 Å². The van der Waals surface area contributed by atoms with E-state index in [4.69, 9.17) is 33.2 Å². The zero-order valence-corrected chi connectivity index (χ0v) is 24.9. The van der Waals surface area contributed by atoms with Crippen molar-refractivity contribution in [3.63, 3.8) is 0 Å². The van der Waals surface area contributed by atoms with Crippen molar-refractivity contribution in [3.05, 3.63) is 86.9 Å². The number of unbranched alkanes of at least 4 members (excludes halogenated alkanes) is 3. The maximum absolute atomic E-state index is 13.1.